The first-order valence-electron chi connectivity index (χ1n) is 5.32. The normalized spacial score (nSPS) is 13.1. The van der Waals surface area contributed by atoms with E-state index in [4.69, 9.17) is 0 Å². The molecule has 0 bridgehead atoms. The van der Waals surface area contributed by atoms with Crippen molar-refractivity contribution in [2.75, 3.05) is 6.61 Å². The maximum Gasteiger partial charge on any atom is 0.0587 e. The lowest BCUT2D eigenvalue weighted by atomic mass is 10.1. The molecule has 0 aliphatic carbocycles. The molecule has 0 saturated heterocycles. The van der Waals surface area contributed by atoms with Crippen molar-refractivity contribution in [3.8, 4) is 0 Å². The number of aliphatic hydroxyl groups is 1. The van der Waals surface area contributed by atoms with Crippen LogP contribution in [0.25, 0.3) is 0 Å². The number of benzene rings is 1. The predicted molar refractivity (Wildman–Crippen MR) is 74.4 cm³/mol. The maximum absolute atomic E-state index is 9.19. The lowest BCUT2D eigenvalue weighted by molar-refractivity contribution is 0.210. The minimum Gasteiger partial charge on any atom is -0.395 e. The summed E-state index contributed by atoms with van der Waals surface area (Å²) in [5.74, 6) is 0.434. The molecular formula is C12H17Br2NO. The smallest absolute Gasteiger partial charge is 0.0587 e. The summed E-state index contributed by atoms with van der Waals surface area (Å²) in [6.07, 6.45) is 0. The maximum atomic E-state index is 9.19. The molecule has 1 rings (SSSR count). The fourth-order valence-electron chi connectivity index (χ4n) is 1.41. The van der Waals surface area contributed by atoms with E-state index in [1.54, 1.807) is 0 Å². The van der Waals surface area contributed by atoms with E-state index in [0.29, 0.717) is 5.92 Å². The molecule has 0 aliphatic rings. The average molecular weight is 351 g/mol. The summed E-state index contributed by atoms with van der Waals surface area (Å²) >= 11 is 6.91. The van der Waals surface area contributed by atoms with Crippen LogP contribution in [0, 0.1) is 5.92 Å². The minimum atomic E-state index is 0.155. The van der Waals surface area contributed by atoms with Crippen LogP contribution in [0.5, 0.6) is 0 Å². The molecule has 1 aromatic rings. The van der Waals surface area contributed by atoms with Gasteiger partial charge in [-0.1, -0.05) is 19.9 Å². The highest BCUT2D eigenvalue weighted by Crippen LogP contribution is 2.23. The number of rotatable bonds is 5. The molecule has 4 heteroatoms. The molecular weight excluding hydrogens is 334 g/mol. The zero-order valence-corrected chi connectivity index (χ0v) is 12.7. The largest absolute Gasteiger partial charge is 0.395 e. The Bertz CT molecular complexity index is 342. The average Bonchev–Trinajstić information content (AvgIpc) is 2.23. The standard InChI is InChI=1S/C12H17Br2NO/c1-8(2)12(7-16)15-6-9-3-4-10(13)11(14)5-9/h3-5,8,12,15-16H,6-7H2,1-2H3/t12-/m1/s1. The quantitative estimate of drug-likeness (QED) is 0.853. The molecule has 0 spiro atoms. The van der Waals surface area contributed by atoms with E-state index in [1.807, 2.05) is 6.07 Å². The van der Waals surface area contributed by atoms with Crippen LogP contribution in [0.4, 0.5) is 0 Å². The summed E-state index contributed by atoms with van der Waals surface area (Å²) in [5, 5.41) is 12.5. The van der Waals surface area contributed by atoms with Crippen molar-refractivity contribution in [2.24, 2.45) is 5.92 Å². The summed E-state index contributed by atoms with van der Waals surface area (Å²) < 4.78 is 2.11. The topological polar surface area (TPSA) is 32.3 Å². The van der Waals surface area contributed by atoms with Crippen LogP contribution in [0.3, 0.4) is 0 Å². The van der Waals surface area contributed by atoms with E-state index in [2.05, 4.69) is 63.2 Å². The zero-order valence-electron chi connectivity index (χ0n) is 9.50. The van der Waals surface area contributed by atoms with Gasteiger partial charge in [0.05, 0.1) is 6.61 Å². The van der Waals surface area contributed by atoms with Crippen LogP contribution >= 0.6 is 31.9 Å². The lowest BCUT2D eigenvalue weighted by Gasteiger charge is -2.20. The fourth-order valence-corrected chi connectivity index (χ4v) is 2.08. The highest BCUT2D eigenvalue weighted by Gasteiger charge is 2.11. The van der Waals surface area contributed by atoms with Crippen LogP contribution < -0.4 is 5.32 Å². The number of nitrogens with one attached hydrogen (secondary N) is 1. The molecule has 2 nitrogen and oxygen atoms in total. The molecule has 0 unspecified atom stereocenters. The predicted octanol–water partition coefficient (Wildman–Crippen LogP) is 3.32. The van der Waals surface area contributed by atoms with Crippen molar-refractivity contribution in [3.63, 3.8) is 0 Å². The van der Waals surface area contributed by atoms with Crippen molar-refractivity contribution >= 4 is 31.9 Å². The summed E-state index contributed by atoms with van der Waals surface area (Å²) in [6, 6.07) is 6.31. The molecule has 1 aromatic carbocycles. The molecule has 0 saturated carbocycles. The van der Waals surface area contributed by atoms with E-state index in [-0.39, 0.29) is 12.6 Å². The van der Waals surface area contributed by atoms with Gasteiger partial charge in [-0.3, -0.25) is 0 Å². The molecule has 16 heavy (non-hydrogen) atoms. The van der Waals surface area contributed by atoms with Crippen LogP contribution in [0.2, 0.25) is 0 Å². The SMILES string of the molecule is CC(C)[C@@H](CO)NCc1ccc(Br)c(Br)c1. The summed E-state index contributed by atoms with van der Waals surface area (Å²) in [6.45, 7) is 5.15. The monoisotopic (exact) mass is 349 g/mol. The molecule has 0 heterocycles. The molecule has 90 valence electrons. The van der Waals surface area contributed by atoms with E-state index in [9.17, 15) is 5.11 Å². The number of hydrogen-bond donors (Lipinski definition) is 2. The molecule has 0 aliphatic heterocycles. The summed E-state index contributed by atoms with van der Waals surface area (Å²) in [7, 11) is 0. The molecule has 1 atom stereocenters. The molecule has 0 fully saturated rings. The van der Waals surface area contributed by atoms with Crippen LogP contribution in [0.15, 0.2) is 27.1 Å². The first-order valence-corrected chi connectivity index (χ1v) is 6.91. The molecule has 0 amide bonds. The third kappa shape index (κ3) is 4.17. The van der Waals surface area contributed by atoms with Gasteiger partial charge in [-0.25, -0.2) is 0 Å². The van der Waals surface area contributed by atoms with Gasteiger partial charge in [0.2, 0.25) is 0 Å². The van der Waals surface area contributed by atoms with Crippen molar-refractivity contribution < 1.29 is 5.11 Å². The second kappa shape index (κ2) is 6.74. The first-order chi connectivity index (χ1) is 7.54. The third-order valence-electron chi connectivity index (χ3n) is 2.55. The third-order valence-corrected chi connectivity index (χ3v) is 4.43. The van der Waals surface area contributed by atoms with Gasteiger partial charge in [0.15, 0.2) is 0 Å². The Hall–Kier alpha value is 0.1000. The number of hydrogen-bond acceptors (Lipinski definition) is 2. The summed E-state index contributed by atoms with van der Waals surface area (Å²) in [5.41, 5.74) is 1.20. The molecule has 0 aromatic heterocycles. The van der Waals surface area contributed by atoms with E-state index in [1.165, 1.54) is 5.56 Å². The molecule has 0 radical (unpaired) electrons. The van der Waals surface area contributed by atoms with Crippen LogP contribution in [-0.2, 0) is 6.54 Å². The van der Waals surface area contributed by atoms with Gasteiger partial charge in [0, 0.05) is 21.5 Å². The Kier molecular flexibility index (Phi) is 5.97. The van der Waals surface area contributed by atoms with Gasteiger partial charge in [0.25, 0.3) is 0 Å². The Labute approximate surface area is 114 Å². The van der Waals surface area contributed by atoms with Gasteiger partial charge in [0.1, 0.15) is 0 Å². The molecule has 2 N–H and O–H groups in total. The van der Waals surface area contributed by atoms with Crippen LogP contribution in [-0.4, -0.2) is 17.8 Å². The Morgan fingerprint density at radius 2 is 1.94 bits per heavy atom. The fraction of sp³-hybridized carbons (Fsp3) is 0.500. The first kappa shape index (κ1) is 14.2. The Balaban J connectivity index is 2.57. The van der Waals surface area contributed by atoms with E-state index >= 15 is 0 Å². The Morgan fingerprint density at radius 1 is 1.25 bits per heavy atom. The number of aliphatic hydroxyl groups excluding tert-OH is 1. The van der Waals surface area contributed by atoms with E-state index in [0.717, 1.165) is 15.5 Å². The zero-order chi connectivity index (χ0) is 12.1. The van der Waals surface area contributed by atoms with Crippen molar-refractivity contribution in [3.05, 3.63) is 32.7 Å². The van der Waals surface area contributed by atoms with Crippen molar-refractivity contribution in [1.82, 2.24) is 5.32 Å². The lowest BCUT2D eigenvalue weighted by Crippen LogP contribution is -2.36. The second-order valence-corrected chi connectivity index (χ2v) is 5.87. The van der Waals surface area contributed by atoms with E-state index < -0.39 is 0 Å². The Morgan fingerprint density at radius 3 is 2.44 bits per heavy atom. The van der Waals surface area contributed by atoms with Crippen LogP contribution in [0.1, 0.15) is 19.4 Å². The highest BCUT2D eigenvalue weighted by molar-refractivity contribution is 9.13. The minimum absolute atomic E-state index is 0.155. The van der Waals surface area contributed by atoms with Crippen molar-refractivity contribution in [2.45, 2.75) is 26.4 Å². The van der Waals surface area contributed by atoms with Crippen molar-refractivity contribution in [1.29, 1.82) is 0 Å². The van der Waals surface area contributed by atoms with Gasteiger partial charge in [-0.2, -0.15) is 0 Å². The van der Waals surface area contributed by atoms with Gasteiger partial charge >= 0.3 is 0 Å². The second-order valence-electron chi connectivity index (χ2n) is 4.16. The van der Waals surface area contributed by atoms with Gasteiger partial charge in [-0.15, -0.1) is 0 Å². The highest BCUT2D eigenvalue weighted by atomic mass is 79.9. The number of halogens is 2. The van der Waals surface area contributed by atoms with Gasteiger partial charge in [-0.05, 0) is 55.5 Å². The summed E-state index contributed by atoms with van der Waals surface area (Å²) in [4.78, 5) is 0. The van der Waals surface area contributed by atoms with Gasteiger partial charge < -0.3 is 10.4 Å².